The van der Waals surface area contributed by atoms with Gasteiger partial charge in [-0.15, -0.1) is 10.2 Å². The fourth-order valence-electron chi connectivity index (χ4n) is 2.90. The average molecular weight is 289 g/mol. The van der Waals surface area contributed by atoms with E-state index in [-0.39, 0.29) is 5.82 Å². The molecule has 21 heavy (non-hydrogen) atoms. The zero-order valence-corrected chi connectivity index (χ0v) is 12.2. The number of hydrogen-bond donors (Lipinski definition) is 1. The summed E-state index contributed by atoms with van der Waals surface area (Å²) in [6.07, 6.45) is 5.08. The van der Waals surface area contributed by atoms with E-state index in [4.69, 9.17) is 4.42 Å². The molecule has 1 N–H and O–H groups in total. The zero-order chi connectivity index (χ0) is 14.7. The molecule has 2 unspecified atom stereocenters. The molecule has 0 saturated heterocycles. The fourth-order valence-corrected chi connectivity index (χ4v) is 2.90. The maximum Gasteiger partial charge on any atom is 0.247 e. The Balaban J connectivity index is 1.62. The lowest BCUT2D eigenvalue weighted by molar-refractivity contribution is 0.271. The van der Waals surface area contributed by atoms with Crippen LogP contribution >= 0.6 is 0 Å². The molecule has 2 aromatic rings. The van der Waals surface area contributed by atoms with E-state index in [0.29, 0.717) is 35.8 Å². The van der Waals surface area contributed by atoms with Gasteiger partial charge in [0.05, 0.1) is 6.54 Å². The van der Waals surface area contributed by atoms with Crippen molar-refractivity contribution in [1.82, 2.24) is 15.5 Å². The van der Waals surface area contributed by atoms with Crippen molar-refractivity contribution in [3.8, 4) is 11.5 Å². The van der Waals surface area contributed by atoms with E-state index < -0.39 is 0 Å². The Bertz CT molecular complexity index is 599. The lowest BCUT2D eigenvalue weighted by atomic mass is 9.86. The number of benzene rings is 1. The molecule has 4 nitrogen and oxygen atoms in total. The zero-order valence-electron chi connectivity index (χ0n) is 12.2. The Morgan fingerprint density at radius 3 is 2.95 bits per heavy atom. The summed E-state index contributed by atoms with van der Waals surface area (Å²) < 4.78 is 18.8. The van der Waals surface area contributed by atoms with Crippen molar-refractivity contribution >= 4 is 0 Å². The van der Waals surface area contributed by atoms with E-state index in [1.54, 1.807) is 12.1 Å². The molecule has 1 heterocycles. The van der Waals surface area contributed by atoms with Gasteiger partial charge in [0.25, 0.3) is 0 Å². The highest BCUT2D eigenvalue weighted by Gasteiger charge is 2.21. The smallest absolute Gasteiger partial charge is 0.247 e. The summed E-state index contributed by atoms with van der Waals surface area (Å²) in [5.74, 6) is 1.29. The highest BCUT2D eigenvalue weighted by atomic mass is 19.1. The third-order valence-electron chi connectivity index (χ3n) is 4.17. The molecule has 1 fully saturated rings. The molecular formula is C16H20FN3O. The summed E-state index contributed by atoms with van der Waals surface area (Å²) in [7, 11) is 0. The second-order valence-corrected chi connectivity index (χ2v) is 5.76. The van der Waals surface area contributed by atoms with Crippen LogP contribution in [0, 0.1) is 11.7 Å². The molecule has 0 radical (unpaired) electrons. The first-order chi connectivity index (χ1) is 10.2. The summed E-state index contributed by atoms with van der Waals surface area (Å²) in [5.41, 5.74) is 0.611. The first-order valence-corrected chi connectivity index (χ1v) is 7.54. The van der Waals surface area contributed by atoms with Gasteiger partial charge in [0, 0.05) is 11.6 Å². The number of hydrogen-bond acceptors (Lipinski definition) is 4. The summed E-state index contributed by atoms with van der Waals surface area (Å²) in [6.45, 7) is 2.85. The minimum Gasteiger partial charge on any atom is -0.419 e. The van der Waals surface area contributed by atoms with Crippen molar-refractivity contribution in [3.63, 3.8) is 0 Å². The Hall–Kier alpha value is -1.75. The third kappa shape index (κ3) is 3.47. The fraction of sp³-hybridized carbons (Fsp3) is 0.500. The minimum atomic E-state index is -0.304. The van der Waals surface area contributed by atoms with Crippen molar-refractivity contribution in [3.05, 3.63) is 36.0 Å². The van der Waals surface area contributed by atoms with Crippen LogP contribution in [0.5, 0.6) is 0 Å². The Labute approximate surface area is 123 Å². The highest BCUT2D eigenvalue weighted by molar-refractivity contribution is 5.52. The lowest BCUT2D eigenvalue weighted by Crippen LogP contribution is -2.36. The van der Waals surface area contributed by atoms with E-state index in [9.17, 15) is 4.39 Å². The monoisotopic (exact) mass is 289 g/mol. The Morgan fingerprint density at radius 2 is 2.14 bits per heavy atom. The second-order valence-electron chi connectivity index (χ2n) is 5.76. The summed E-state index contributed by atoms with van der Waals surface area (Å²) in [6, 6.07) is 6.71. The summed E-state index contributed by atoms with van der Waals surface area (Å²) >= 11 is 0. The number of nitrogens with one attached hydrogen (secondary N) is 1. The molecule has 0 amide bonds. The minimum absolute atomic E-state index is 0.304. The van der Waals surface area contributed by atoms with Crippen LogP contribution in [-0.2, 0) is 6.54 Å². The van der Waals surface area contributed by atoms with Gasteiger partial charge in [0.15, 0.2) is 0 Å². The number of rotatable bonds is 4. The van der Waals surface area contributed by atoms with Gasteiger partial charge < -0.3 is 9.73 Å². The number of halogens is 1. The molecule has 1 aromatic carbocycles. The first-order valence-electron chi connectivity index (χ1n) is 7.54. The molecule has 2 atom stereocenters. The van der Waals surface area contributed by atoms with Crippen LogP contribution in [0.25, 0.3) is 11.5 Å². The molecule has 0 spiro atoms. The van der Waals surface area contributed by atoms with Crippen LogP contribution in [0.4, 0.5) is 4.39 Å². The molecule has 5 heteroatoms. The van der Waals surface area contributed by atoms with Crippen LogP contribution in [-0.4, -0.2) is 16.2 Å². The molecule has 1 aromatic heterocycles. The van der Waals surface area contributed by atoms with Gasteiger partial charge in [0.2, 0.25) is 11.8 Å². The van der Waals surface area contributed by atoms with E-state index in [1.807, 2.05) is 0 Å². The highest BCUT2D eigenvalue weighted by Crippen LogP contribution is 2.24. The van der Waals surface area contributed by atoms with Crippen LogP contribution < -0.4 is 5.32 Å². The quantitative estimate of drug-likeness (QED) is 0.935. The third-order valence-corrected chi connectivity index (χ3v) is 4.17. The molecule has 0 aliphatic heterocycles. The van der Waals surface area contributed by atoms with Gasteiger partial charge >= 0.3 is 0 Å². The van der Waals surface area contributed by atoms with Crippen molar-refractivity contribution in [1.29, 1.82) is 0 Å². The average Bonchev–Trinajstić information content (AvgIpc) is 2.95. The largest absolute Gasteiger partial charge is 0.419 e. The van der Waals surface area contributed by atoms with Gasteiger partial charge in [-0.1, -0.05) is 25.8 Å². The number of aromatic nitrogens is 2. The summed E-state index contributed by atoms with van der Waals surface area (Å²) in [5, 5.41) is 11.5. The second kappa shape index (κ2) is 6.35. The molecule has 0 bridgehead atoms. The standard InChI is InChI=1S/C16H20FN3O/c1-11-5-2-3-8-14(11)18-10-15-19-20-16(21-15)12-6-4-7-13(17)9-12/h4,6-7,9,11,14,18H,2-3,5,8,10H2,1H3. The molecule has 1 saturated carbocycles. The van der Waals surface area contributed by atoms with Crippen molar-refractivity contribution < 1.29 is 8.81 Å². The van der Waals surface area contributed by atoms with Gasteiger partial charge in [-0.3, -0.25) is 0 Å². The van der Waals surface area contributed by atoms with Gasteiger partial charge in [-0.2, -0.15) is 0 Å². The van der Waals surface area contributed by atoms with Gasteiger partial charge in [-0.25, -0.2) is 4.39 Å². The van der Waals surface area contributed by atoms with Gasteiger partial charge in [-0.05, 0) is 37.0 Å². The molecule has 3 rings (SSSR count). The van der Waals surface area contributed by atoms with Crippen molar-refractivity contribution in [2.75, 3.05) is 0 Å². The van der Waals surface area contributed by atoms with Crippen LogP contribution in [0.2, 0.25) is 0 Å². The lowest BCUT2D eigenvalue weighted by Gasteiger charge is -2.29. The molecule has 112 valence electrons. The SMILES string of the molecule is CC1CCCCC1NCc1nnc(-c2cccc(F)c2)o1. The maximum atomic E-state index is 13.2. The van der Waals surface area contributed by atoms with E-state index in [1.165, 1.54) is 37.8 Å². The summed E-state index contributed by atoms with van der Waals surface area (Å²) in [4.78, 5) is 0. The molecule has 1 aliphatic rings. The van der Waals surface area contributed by atoms with E-state index in [0.717, 1.165) is 0 Å². The van der Waals surface area contributed by atoms with E-state index in [2.05, 4.69) is 22.4 Å². The van der Waals surface area contributed by atoms with E-state index >= 15 is 0 Å². The van der Waals surface area contributed by atoms with Gasteiger partial charge in [0.1, 0.15) is 5.82 Å². The van der Waals surface area contributed by atoms with Crippen molar-refractivity contribution in [2.45, 2.75) is 45.2 Å². The predicted octanol–water partition coefficient (Wildman–Crippen LogP) is 3.54. The predicted molar refractivity (Wildman–Crippen MR) is 78.0 cm³/mol. The maximum absolute atomic E-state index is 13.2. The first kappa shape index (κ1) is 14.2. The van der Waals surface area contributed by atoms with Crippen LogP contribution in [0.1, 0.15) is 38.5 Å². The van der Waals surface area contributed by atoms with Crippen LogP contribution in [0.3, 0.4) is 0 Å². The van der Waals surface area contributed by atoms with Crippen LogP contribution in [0.15, 0.2) is 28.7 Å². The van der Waals surface area contributed by atoms with Crippen molar-refractivity contribution in [2.24, 2.45) is 5.92 Å². The molecule has 1 aliphatic carbocycles. The molecular weight excluding hydrogens is 269 g/mol. The Morgan fingerprint density at radius 1 is 1.29 bits per heavy atom. The number of nitrogens with zero attached hydrogens (tertiary/aromatic N) is 2. The normalized spacial score (nSPS) is 22.4. The Kier molecular flexibility index (Phi) is 4.29. The topological polar surface area (TPSA) is 51.0 Å².